The highest BCUT2D eigenvalue weighted by Gasteiger charge is 2.22. The van der Waals surface area contributed by atoms with Crippen molar-refractivity contribution in [3.8, 4) is 6.07 Å². The quantitative estimate of drug-likeness (QED) is 0.885. The highest BCUT2D eigenvalue weighted by Crippen LogP contribution is 2.23. The Bertz CT molecular complexity index is 511. The number of carbonyl (C=O) groups excluding carboxylic acids is 1. The first-order chi connectivity index (χ1) is 9.10. The lowest BCUT2D eigenvalue weighted by Crippen LogP contribution is -2.37. The van der Waals surface area contributed by atoms with Crippen molar-refractivity contribution >= 4 is 5.91 Å². The minimum atomic E-state index is -0.108. The number of carbonyl (C=O) groups is 1. The minimum absolute atomic E-state index is 0.108. The summed E-state index contributed by atoms with van der Waals surface area (Å²) in [6.07, 6.45) is 3.52. The van der Waals surface area contributed by atoms with Gasteiger partial charge in [0, 0.05) is 17.7 Å². The van der Waals surface area contributed by atoms with Gasteiger partial charge in [-0.3, -0.25) is 4.79 Å². The van der Waals surface area contributed by atoms with Crippen molar-refractivity contribution in [1.29, 1.82) is 5.26 Å². The van der Waals surface area contributed by atoms with Gasteiger partial charge < -0.3 is 5.32 Å². The highest BCUT2D eigenvalue weighted by atomic mass is 16.1. The topological polar surface area (TPSA) is 65.8 Å². The van der Waals surface area contributed by atoms with Gasteiger partial charge in [-0.05, 0) is 51.2 Å². The molecule has 0 aliphatic heterocycles. The lowest BCUT2D eigenvalue weighted by atomic mass is 9.87. The number of nitrogens with zero attached hydrogens (tertiary/aromatic N) is 2. The molecule has 100 valence electrons. The first-order valence-corrected chi connectivity index (χ1v) is 6.75. The zero-order chi connectivity index (χ0) is 13.8. The Labute approximate surface area is 113 Å². The molecule has 0 saturated heterocycles. The number of aromatic nitrogens is 1. The van der Waals surface area contributed by atoms with E-state index in [2.05, 4.69) is 16.4 Å². The Morgan fingerprint density at radius 1 is 1.32 bits per heavy atom. The predicted octanol–water partition coefficient (Wildman–Crippen LogP) is 2.51. The maximum atomic E-state index is 12.1. The van der Waals surface area contributed by atoms with Gasteiger partial charge in [-0.15, -0.1) is 0 Å². The standard InChI is InChI=1S/C15H19N3O/c1-10-3-8-14(17-11(10)2)15(19)18-13-6-4-12(9-16)5-7-13/h3,8,12-13H,4-7H2,1-2H3,(H,18,19)/t12-,13+. The summed E-state index contributed by atoms with van der Waals surface area (Å²) in [4.78, 5) is 16.4. The van der Waals surface area contributed by atoms with Crippen LogP contribution < -0.4 is 5.32 Å². The summed E-state index contributed by atoms with van der Waals surface area (Å²) in [7, 11) is 0. The number of nitriles is 1. The molecule has 1 fully saturated rings. The summed E-state index contributed by atoms with van der Waals surface area (Å²) in [6, 6.07) is 6.16. The summed E-state index contributed by atoms with van der Waals surface area (Å²) in [5, 5.41) is 11.9. The molecule has 1 aliphatic rings. The molecular weight excluding hydrogens is 238 g/mol. The van der Waals surface area contributed by atoms with Gasteiger partial charge in [-0.25, -0.2) is 4.98 Å². The van der Waals surface area contributed by atoms with Crippen molar-refractivity contribution in [1.82, 2.24) is 10.3 Å². The van der Waals surface area contributed by atoms with Crippen LogP contribution in [0.3, 0.4) is 0 Å². The molecule has 0 bridgehead atoms. The molecule has 0 unspecified atom stereocenters. The van der Waals surface area contributed by atoms with Gasteiger partial charge in [0.15, 0.2) is 0 Å². The highest BCUT2D eigenvalue weighted by molar-refractivity contribution is 5.92. The Kier molecular flexibility index (Phi) is 4.16. The van der Waals surface area contributed by atoms with Crippen LogP contribution in [0.4, 0.5) is 0 Å². The summed E-state index contributed by atoms with van der Waals surface area (Å²) in [5.41, 5.74) is 2.46. The Morgan fingerprint density at radius 3 is 2.58 bits per heavy atom. The third-order valence-corrected chi connectivity index (χ3v) is 3.83. The fourth-order valence-electron chi connectivity index (χ4n) is 2.38. The van der Waals surface area contributed by atoms with Crippen LogP contribution in [0.5, 0.6) is 0 Å². The summed E-state index contributed by atoms with van der Waals surface area (Å²) >= 11 is 0. The molecule has 1 aliphatic carbocycles. The summed E-state index contributed by atoms with van der Waals surface area (Å²) < 4.78 is 0. The van der Waals surface area contributed by atoms with Crippen LogP contribution in [0.25, 0.3) is 0 Å². The predicted molar refractivity (Wildman–Crippen MR) is 72.5 cm³/mol. The van der Waals surface area contributed by atoms with Crippen molar-refractivity contribution in [3.63, 3.8) is 0 Å². The monoisotopic (exact) mass is 257 g/mol. The van der Waals surface area contributed by atoms with E-state index >= 15 is 0 Å². The number of hydrogen-bond donors (Lipinski definition) is 1. The molecule has 4 heteroatoms. The Morgan fingerprint density at radius 2 is 2.00 bits per heavy atom. The third-order valence-electron chi connectivity index (χ3n) is 3.83. The van der Waals surface area contributed by atoms with Gasteiger partial charge in [-0.2, -0.15) is 5.26 Å². The van der Waals surface area contributed by atoms with Crippen molar-refractivity contribution < 1.29 is 4.79 Å². The second-order valence-electron chi connectivity index (χ2n) is 5.25. The van der Waals surface area contributed by atoms with Crippen molar-refractivity contribution in [2.75, 3.05) is 0 Å². The van der Waals surface area contributed by atoms with Crippen LogP contribution in [0.1, 0.15) is 47.4 Å². The van der Waals surface area contributed by atoms with Gasteiger partial charge in [0.25, 0.3) is 5.91 Å². The second-order valence-corrected chi connectivity index (χ2v) is 5.25. The number of amides is 1. The van der Waals surface area contributed by atoms with Gasteiger partial charge in [0.2, 0.25) is 0 Å². The SMILES string of the molecule is Cc1ccc(C(=O)N[C@H]2CC[C@@H](C#N)CC2)nc1C. The molecule has 2 rings (SSSR count). The number of nitrogens with one attached hydrogen (secondary N) is 1. The van der Waals surface area contributed by atoms with E-state index in [0.29, 0.717) is 5.69 Å². The van der Waals surface area contributed by atoms with E-state index in [-0.39, 0.29) is 17.9 Å². The number of rotatable bonds is 2. The zero-order valence-corrected chi connectivity index (χ0v) is 11.4. The van der Waals surface area contributed by atoms with Gasteiger partial charge >= 0.3 is 0 Å². The Balaban J connectivity index is 1.94. The van der Waals surface area contributed by atoms with Crippen LogP contribution in [0.15, 0.2) is 12.1 Å². The van der Waals surface area contributed by atoms with E-state index < -0.39 is 0 Å². The van der Waals surface area contributed by atoms with E-state index in [9.17, 15) is 4.79 Å². The molecule has 1 N–H and O–H groups in total. The number of hydrogen-bond acceptors (Lipinski definition) is 3. The average Bonchev–Trinajstić information content (AvgIpc) is 2.42. The van der Waals surface area contributed by atoms with Crippen LogP contribution in [-0.2, 0) is 0 Å². The lowest BCUT2D eigenvalue weighted by Gasteiger charge is -2.25. The Hall–Kier alpha value is -1.89. The molecule has 0 radical (unpaired) electrons. The molecule has 1 heterocycles. The van der Waals surface area contributed by atoms with E-state index in [1.54, 1.807) is 6.07 Å². The van der Waals surface area contributed by atoms with Crippen molar-refractivity contribution in [3.05, 3.63) is 29.1 Å². The summed E-state index contributed by atoms with van der Waals surface area (Å²) in [5.74, 6) is 0.0522. The third kappa shape index (κ3) is 3.31. The van der Waals surface area contributed by atoms with E-state index in [1.165, 1.54) is 0 Å². The van der Waals surface area contributed by atoms with Crippen LogP contribution >= 0.6 is 0 Å². The fraction of sp³-hybridized carbons (Fsp3) is 0.533. The molecule has 1 saturated carbocycles. The van der Waals surface area contributed by atoms with Crippen LogP contribution in [0, 0.1) is 31.1 Å². The van der Waals surface area contributed by atoms with Gasteiger partial charge in [0.05, 0.1) is 6.07 Å². The van der Waals surface area contributed by atoms with E-state index in [0.717, 1.165) is 36.9 Å². The normalized spacial score (nSPS) is 22.6. The molecule has 0 atom stereocenters. The van der Waals surface area contributed by atoms with Crippen LogP contribution in [-0.4, -0.2) is 16.9 Å². The maximum absolute atomic E-state index is 12.1. The summed E-state index contributed by atoms with van der Waals surface area (Å²) in [6.45, 7) is 3.89. The first-order valence-electron chi connectivity index (χ1n) is 6.75. The zero-order valence-electron chi connectivity index (χ0n) is 11.4. The van der Waals surface area contributed by atoms with E-state index in [4.69, 9.17) is 5.26 Å². The molecule has 19 heavy (non-hydrogen) atoms. The molecule has 0 spiro atoms. The average molecular weight is 257 g/mol. The van der Waals surface area contributed by atoms with Gasteiger partial charge in [0.1, 0.15) is 5.69 Å². The minimum Gasteiger partial charge on any atom is -0.348 e. The van der Waals surface area contributed by atoms with E-state index in [1.807, 2.05) is 19.9 Å². The fourth-order valence-corrected chi connectivity index (χ4v) is 2.38. The first kappa shape index (κ1) is 13.5. The van der Waals surface area contributed by atoms with Crippen molar-refractivity contribution in [2.24, 2.45) is 5.92 Å². The maximum Gasteiger partial charge on any atom is 0.270 e. The molecular formula is C15H19N3O. The second kappa shape index (κ2) is 5.83. The molecule has 1 amide bonds. The van der Waals surface area contributed by atoms with Gasteiger partial charge in [-0.1, -0.05) is 6.07 Å². The molecule has 1 aromatic heterocycles. The molecule has 1 aromatic rings. The smallest absolute Gasteiger partial charge is 0.270 e. The largest absolute Gasteiger partial charge is 0.348 e. The molecule has 0 aromatic carbocycles. The number of aryl methyl sites for hydroxylation is 2. The molecule has 4 nitrogen and oxygen atoms in total. The lowest BCUT2D eigenvalue weighted by molar-refractivity contribution is 0.0919. The number of pyridine rings is 1. The van der Waals surface area contributed by atoms with Crippen molar-refractivity contribution in [2.45, 2.75) is 45.6 Å². The van der Waals surface area contributed by atoms with Crippen LogP contribution in [0.2, 0.25) is 0 Å².